The number of hydrogen-bond donors (Lipinski definition) is 4. The summed E-state index contributed by atoms with van der Waals surface area (Å²) in [6, 6.07) is 0. The van der Waals surface area contributed by atoms with Gasteiger partial charge < -0.3 is 20.4 Å². The van der Waals surface area contributed by atoms with Crippen molar-refractivity contribution in [2.75, 3.05) is 0 Å². The van der Waals surface area contributed by atoms with Crippen LogP contribution >= 0.6 is 0 Å². The minimum absolute atomic E-state index is 0.0660. The Morgan fingerprint density at radius 2 is 1.81 bits per heavy atom. The van der Waals surface area contributed by atoms with Crippen molar-refractivity contribution in [2.45, 2.75) is 95.9 Å². The molecule has 0 amide bonds. The number of aliphatic hydroxyl groups excluding tert-OH is 3. The molecule has 1 aliphatic carbocycles. The number of aliphatic hydroxyl groups is 3. The van der Waals surface area contributed by atoms with Crippen molar-refractivity contribution < 1.29 is 25.2 Å². The highest BCUT2D eigenvalue weighted by molar-refractivity contribution is 5.66. The second kappa shape index (κ2) is 13.9. The quantitative estimate of drug-likeness (QED) is 0.270. The Kier molecular flexibility index (Phi) is 12.3. The molecule has 5 heteroatoms. The molecule has 0 aliphatic heterocycles. The number of unbranched alkanes of at least 4 members (excludes halogenated alkanes) is 5. The van der Waals surface area contributed by atoms with E-state index in [1.807, 2.05) is 18.2 Å². The molecule has 0 bridgehead atoms. The first-order valence-corrected chi connectivity index (χ1v) is 10.5. The van der Waals surface area contributed by atoms with Gasteiger partial charge in [-0.25, -0.2) is 0 Å². The third-order valence-electron chi connectivity index (χ3n) is 5.41. The largest absolute Gasteiger partial charge is 0.481 e. The van der Waals surface area contributed by atoms with Crippen molar-refractivity contribution in [3.63, 3.8) is 0 Å². The van der Waals surface area contributed by atoms with E-state index in [9.17, 15) is 20.1 Å². The summed E-state index contributed by atoms with van der Waals surface area (Å²) >= 11 is 0. The van der Waals surface area contributed by atoms with E-state index in [-0.39, 0.29) is 18.3 Å². The Balaban J connectivity index is 2.41. The summed E-state index contributed by atoms with van der Waals surface area (Å²) in [6.45, 7) is 2.18. The summed E-state index contributed by atoms with van der Waals surface area (Å²) in [6.07, 6.45) is 15.0. The average Bonchev–Trinajstić information content (AvgIpc) is 2.88. The second-order valence-electron chi connectivity index (χ2n) is 7.76. The lowest BCUT2D eigenvalue weighted by atomic mass is 9.89. The molecule has 0 aromatic rings. The summed E-state index contributed by atoms with van der Waals surface area (Å²) in [5.41, 5.74) is 0. The molecule has 1 saturated carbocycles. The number of allylic oxidation sites excluding steroid dienone is 2. The van der Waals surface area contributed by atoms with E-state index in [1.165, 1.54) is 19.3 Å². The van der Waals surface area contributed by atoms with Crippen LogP contribution in [0.5, 0.6) is 0 Å². The lowest BCUT2D eigenvalue weighted by molar-refractivity contribution is -0.137. The second-order valence-corrected chi connectivity index (χ2v) is 7.76. The maximum atomic E-state index is 10.5. The minimum atomic E-state index is -0.785. The Morgan fingerprint density at radius 3 is 2.52 bits per heavy atom. The Bertz CT molecular complexity index is 460. The molecule has 1 aliphatic rings. The van der Waals surface area contributed by atoms with Gasteiger partial charge in [0.25, 0.3) is 0 Å². The van der Waals surface area contributed by atoms with Crippen LogP contribution < -0.4 is 0 Å². The van der Waals surface area contributed by atoms with Gasteiger partial charge in [-0.1, -0.05) is 63.3 Å². The van der Waals surface area contributed by atoms with Crippen molar-refractivity contribution in [3.05, 3.63) is 24.3 Å². The van der Waals surface area contributed by atoms with Gasteiger partial charge in [-0.2, -0.15) is 0 Å². The Hall–Kier alpha value is -1.17. The molecule has 0 aromatic heterocycles. The minimum Gasteiger partial charge on any atom is -0.481 e. The maximum Gasteiger partial charge on any atom is 0.303 e. The zero-order valence-electron chi connectivity index (χ0n) is 16.7. The zero-order valence-corrected chi connectivity index (χ0v) is 16.7. The van der Waals surface area contributed by atoms with Gasteiger partial charge in [0.05, 0.1) is 18.3 Å². The van der Waals surface area contributed by atoms with Gasteiger partial charge >= 0.3 is 5.97 Å². The van der Waals surface area contributed by atoms with E-state index >= 15 is 0 Å². The molecule has 0 heterocycles. The van der Waals surface area contributed by atoms with Crippen molar-refractivity contribution in [3.8, 4) is 0 Å². The number of hydrogen-bond acceptors (Lipinski definition) is 4. The maximum absolute atomic E-state index is 10.5. The molecule has 156 valence electrons. The van der Waals surface area contributed by atoms with Crippen LogP contribution in [0.4, 0.5) is 0 Å². The predicted octanol–water partition coefficient (Wildman–Crippen LogP) is 3.82. The lowest BCUT2D eigenvalue weighted by Crippen LogP contribution is -2.20. The number of aliphatic carboxylic acids is 1. The van der Waals surface area contributed by atoms with Crippen LogP contribution in [0, 0.1) is 11.8 Å². The molecule has 1 fully saturated rings. The third-order valence-corrected chi connectivity index (χ3v) is 5.41. The highest BCUT2D eigenvalue weighted by atomic mass is 16.4. The molecular weight excluding hydrogens is 344 g/mol. The molecule has 0 spiro atoms. The zero-order chi connectivity index (χ0) is 20.1. The molecule has 0 radical (unpaired) electrons. The first-order valence-electron chi connectivity index (χ1n) is 10.5. The standard InChI is InChI=1S/C22H38O5/c1-2-3-4-5-8-11-17(23)14-15-19-18(20(24)16-21(19)25)12-9-6-7-10-13-22(26)27/h6,9,14-15,17-21,23-25H,2-5,7-8,10-13,16H2,1H3,(H,26,27)/b9-6-,15-14+/t17-,18+,19?,20-,21+/m0/s1. The molecule has 5 nitrogen and oxygen atoms in total. The Morgan fingerprint density at radius 1 is 1.07 bits per heavy atom. The number of carbonyl (C=O) groups is 1. The number of rotatable bonds is 14. The van der Waals surface area contributed by atoms with Gasteiger partial charge in [-0.15, -0.1) is 0 Å². The van der Waals surface area contributed by atoms with Gasteiger partial charge in [-0.05, 0) is 31.6 Å². The van der Waals surface area contributed by atoms with Crippen LogP contribution in [0.2, 0.25) is 0 Å². The molecule has 27 heavy (non-hydrogen) atoms. The third kappa shape index (κ3) is 10.1. The predicted molar refractivity (Wildman–Crippen MR) is 107 cm³/mol. The van der Waals surface area contributed by atoms with E-state index in [1.54, 1.807) is 6.08 Å². The van der Waals surface area contributed by atoms with E-state index in [0.29, 0.717) is 25.7 Å². The number of carboxylic acids is 1. The normalized spacial score (nSPS) is 27.0. The first kappa shape index (κ1) is 23.9. The first-order chi connectivity index (χ1) is 13.0. The molecule has 0 saturated heterocycles. The van der Waals surface area contributed by atoms with E-state index in [2.05, 4.69) is 6.92 Å². The highest BCUT2D eigenvalue weighted by Gasteiger charge is 2.39. The smallest absolute Gasteiger partial charge is 0.303 e. The summed E-state index contributed by atoms with van der Waals surface area (Å²) < 4.78 is 0. The summed E-state index contributed by atoms with van der Waals surface area (Å²) in [5.74, 6) is -1.01. The highest BCUT2D eigenvalue weighted by Crippen LogP contribution is 2.36. The fourth-order valence-corrected chi connectivity index (χ4v) is 3.76. The summed E-state index contributed by atoms with van der Waals surface area (Å²) in [7, 11) is 0. The van der Waals surface area contributed by atoms with Gasteiger partial charge in [0.15, 0.2) is 0 Å². The van der Waals surface area contributed by atoms with Crippen LogP contribution in [0.3, 0.4) is 0 Å². The molecule has 1 rings (SSSR count). The van der Waals surface area contributed by atoms with Crippen molar-refractivity contribution in [2.24, 2.45) is 11.8 Å². The summed E-state index contributed by atoms with van der Waals surface area (Å²) in [5, 5.41) is 39.2. The van der Waals surface area contributed by atoms with Crippen molar-refractivity contribution in [1.82, 2.24) is 0 Å². The monoisotopic (exact) mass is 382 g/mol. The van der Waals surface area contributed by atoms with Crippen LogP contribution in [-0.2, 0) is 4.79 Å². The van der Waals surface area contributed by atoms with Crippen LogP contribution in [0.1, 0.15) is 77.6 Å². The fourth-order valence-electron chi connectivity index (χ4n) is 3.76. The van der Waals surface area contributed by atoms with Gasteiger partial charge in [0.2, 0.25) is 0 Å². The van der Waals surface area contributed by atoms with E-state index < -0.39 is 24.3 Å². The van der Waals surface area contributed by atoms with Crippen molar-refractivity contribution >= 4 is 5.97 Å². The Labute approximate surface area is 163 Å². The van der Waals surface area contributed by atoms with Gasteiger partial charge in [0.1, 0.15) is 0 Å². The topological polar surface area (TPSA) is 98.0 Å². The van der Waals surface area contributed by atoms with Crippen LogP contribution in [0.15, 0.2) is 24.3 Å². The molecular formula is C22H38O5. The summed E-state index contributed by atoms with van der Waals surface area (Å²) in [4.78, 5) is 10.5. The molecule has 4 N–H and O–H groups in total. The van der Waals surface area contributed by atoms with Crippen LogP contribution in [0.25, 0.3) is 0 Å². The molecule has 0 aromatic carbocycles. The van der Waals surface area contributed by atoms with Crippen LogP contribution in [-0.4, -0.2) is 44.7 Å². The number of carboxylic acid groups (broad SMARTS) is 1. The molecule has 1 unspecified atom stereocenters. The van der Waals surface area contributed by atoms with Gasteiger partial charge in [0, 0.05) is 18.8 Å². The average molecular weight is 383 g/mol. The van der Waals surface area contributed by atoms with E-state index in [4.69, 9.17) is 5.11 Å². The molecule has 5 atom stereocenters. The lowest BCUT2D eigenvalue weighted by Gasteiger charge is -2.19. The van der Waals surface area contributed by atoms with Crippen molar-refractivity contribution in [1.29, 1.82) is 0 Å². The fraction of sp³-hybridized carbons (Fsp3) is 0.773. The SMILES string of the molecule is CCCCCCC[C@H](O)/C=C/C1[C@H](O)C[C@H](O)[C@@H]1C/C=C\CCCC(=O)O. The van der Waals surface area contributed by atoms with E-state index in [0.717, 1.165) is 19.3 Å². The van der Waals surface area contributed by atoms with Gasteiger partial charge in [-0.3, -0.25) is 4.79 Å².